The van der Waals surface area contributed by atoms with E-state index in [9.17, 15) is 4.39 Å². The number of hydrogen-bond donors (Lipinski definition) is 1. The maximum absolute atomic E-state index is 13.2. The van der Waals surface area contributed by atoms with Crippen molar-refractivity contribution in [2.75, 3.05) is 6.54 Å². The quantitative estimate of drug-likeness (QED) is 0.703. The maximum Gasteiger partial charge on any atom is 0.123 e. The summed E-state index contributed by atoms with van der Waals surface area (Å²) in [5.41, 5.74) is 3.49. The van der Waals surface area contributed by atoms with Crippen LogP contribution in [0.4, 0.5) is 4.39 Å². The zero-order valence-corrected chi connectivity index (χ0v) is 15.1. The summed E-state index contributed by atoms with van der Waals surface area (Å²) in [5.74, 6) is -0.163. The van der Waals surface area contributed by atoms with E-state index in [2.05, 4.69) is 41.2 Å². The molecular formula is C17H21BrFNS. The van der Waals surface area contributed by atoms with Crippen molar-refractivity contribution >= 4 is 27.3 Å². The van der Waals surface area contributed by atoms with Crippen molar-refractivity contribution in [3.05, 3.63) is 55.4 Å². The van der Waals surface area contributed by atoms with Crippen LogP contribution >= 0.6 is 27.3 Å². The third-order valence-corrected chi connectivity index (χ3v) is 5.84. The van der Waals surface area contributed by atoms with Crippen LogP contribution in [0.3, 0.4) is 0 Å². The lowest BCUT2D eigenvalue weighted by atomic mass is 9.99. The molecule has 0 bridgehead atoms. The first kappa shape index (κ1) is 16.7. The highest BCUT2D eigenvalue weighted by Crippen LogP contribution is 2.33. The fourth-order valence-corrected chi connectivity index (χ4v) is 4.00. The second-order valence-corrected chi connectivity index (χ2v) is 7.79. The van der Waals surface area contributed by atoms with Crippen LogP contribution in [0.1, 0.15) is 41.0 Å². The first-order valence-corrected chi connectivity index (χ1v) is 8.86. The van der Waals surface area contributed by atoms with Crippen molar-refractivity contribution in [3.8, 4) is 0 Å². The minimum Gasteiger partial charge on any atom is -0.309 e. The highest BCUT2D eigenvalue weighted by atomic mass is 79.9. The van der Waals surface area contributed by atoms with Gasteiger partial charge in [-0.15, -0.1) is 11.3 Å². The highest BCUT2D eigenvalue weighted by Gasteiger charge is 2.16. The second-order valence-electron chi connectivity index (χ2n) is 5.39. The Morgan fingerprint density at radius 1 is 1.24 bits per heavy atom. The van der Waals surface area contributed by atoms with E-state index >= 15 is 0 Å². The van der Waals surface area contributed by atoms with Crippen molar-refractivity contribution < 1.29 is 4.39 Å². The van der Waals surface area contributed by atoms with Crippen LogP contribution < -0.4 is 5.32 Å². The van der Waals surface area contributed by atoms with E-state index < -0.39 is 0 Å². The van der Waals surface area contributed by atoms with Crippen molar-refractivity contribution in [1.82, 2.24) is 5.32 Å². The second kappa shape index (κ2) is 7.52. The predicted molar refractivity (Wildman–Crippen MR) is 92.6 cm³/mol. The van der Waals surface area contributed by atoms with Gasteiger partial charge in [-0.2, -0.15) is 0 Å². The zero-order chi connectivity index (χ0) is 15.4. The third kappa shape index (κ3) is 4.38. The molecule has 0 amide bonds. The van der Waals surface area contributed by atoms with Crippen molar-refractivity contribution in [2.24, 2.45) is 0 Å². The lowest BCUT2D eigenvalue weighted by Crippen LogP contribution is -2.23. The Hall–Kier alpha value is -0.710. The first-order chi connectivity index (χ1) is 10.0. The molecule has 0 aliphatic rings. The molecule has 21 heavy (non-hydrogen) atoms. The van der Waals surface area contributed by atoms with Gasteiger partial charge in [-0.1, -0.05) is 13.0 Å². The summed E-state index contributed by atoms with van der Waals surface area (Å²) < 4.78 is 14.4. The fraction of sp³-hybridized carbons (Fsp3) is 0.412. The summed E-state index contributed by atoms with van der Waals surface area (Å²) in [5, 5.41) is 3.61. The van der Waals surface area contributed by atoms with Crippen LogP contribution in [0.25, 0.3) is 0 Å². The minimum absolute atomic E-state index is 0.163. The Morgan fingerprint density at radius 2 is 2.00 bits per heavy atom. The number of thiophene rings is 1. The Balaban J connectivity index is 2.23. The van der Waals surface area contributed by atoms with Gasteiger partial charge in [0.2, 0.25) is 0 Å². The van der Waals surface area contributed by atoms with E-state index in [4.69, 9.17) is 0 Å². The van der Waals surface area contributed by atoms with Crippen LogP contribution in [0.15, 0.2) is 28.1 Å². The molecule has 114 valence electrons. The molecule has 1 unspecified atom stereocenters. The monoisotopic (exact) mass is 369 g/mol. The Morgan fingerprint density at radius 3 is 2.57 bits per heavy atom. The van der Waals surface area contributed by atoms with Gasteiger partial charge in [-0.25, -0.2) is 4.39 Å². The van der Waals surface area contributed by atoms with Crippen LogP contribution in [-0.2, 0) is 6.42 Å². The molecule has 0 radical (unpaired) electrons. The predicted octanol–water partition coefficient (Wildman–Crippen LogP) is 5.55. The summed E-state index contributed by atoms with van der Waals surface area (Å²) >= 11 is 5.38. The topological polar surface area (TPSA) is 12.0 Å². The van der Waals surface area contributed by atoms with Gasteiger partial charge in [0.15, 0.2) is 0 Å². The van der Waals surface area contributed by atoms with Gasteiger partial charge >= 0.3 is 0 Å². The summed E-state index contributed by atoms with van der Waals surface area (Å²) in [7, 11) is 0. The molecular weight excluding hydrogens is 349 g/mol. The molecule has 0 fully saturated rings. The molecule has 0 aliphatic heterocycles. The van der Waals surface area contributed by atoms with Crippen molar-refractivity contribution in [3.63, 3.8) is 0 Å². The zero-order valence-electron chi connectivity index (χ0n) is 12.7. The van der Waals surface area contributed by atoms with Gasteiger partial charge in [-0.05, 0) is 84.1 Å². The first-order valence-electron chi connectivity index (χ1n) is 7.25. The van der Waals surface area contributed by atoms with Crippen molar-refractivity contribution in [1.29, 1.82) is 0 Å². The standard InChI is InChI=1S/C17H21BrFNS/c1-4-7-20-15(16-9-12(3)17(18)21-16)10-13-5-6-14(19)8-11(13)2/h5-6,8-9,15,20H,4,7,10H2,1-3H3. The molecule has 4 heteroatoms. The van der Waals surface area contributed by atoms with Crippen LogP contribution in [0.2, 0.25) is 0 Å². The number of aryl methyl sites for hydroxylation is 2. The van der Waals surface area contributed by atoms with Crippen LogP contribution in [0.5, 0.6) is 0 Å². The number of nitrogens with one attached hydrogen (secondary N) is 1. The van der Waals surface area contributed by atoms with Gasteiger partial charge in [-0.3, -0.25) is 0 Å². The Bertz CT molecular complexity index is 589. The lowest BCUT2D eigenvalue weighted by Gasteiger charge is -2.18. The Kier molecular flexibility index (Phi) is 5.97. The number of rotatable bonds is 6. The molecule has 1 aromatic carbocycles. The number of benzene rings is 1. The van der Waals surface area contributed by atoms with E-state index in [-0.39, 0.29) is 11.9 Å². The number of halogens is 2. The third-order valence-electron chi connectivity index (χ3n) is 3.59. The Labute approximate surface area is 138 Å². The largest absolute Gasteiger partial charge is 0.309 e. The summed E-state index contributed by atoms with van der Waals surface area (Å²) in [4.78, 5) is 1.33. The van der Waals surface area contributed by atoms with Gasteiger partial charge < -0.3 is 5.32 Å². The van der Waals surface area contributed by atoms with E-state index in [1.54, 1.807) is 23.5 Å². The normalized spacial score (nSPS) is 12.6. The van der Waals surface area contributed by atoms with Crippen LogP contribution in [-0.4, -0.2) is 6.54 Å². The molecule has 0 saturated heterocycles. The smallest absolute Gasteiger partial charge is 0.123 e. The van der Waals surface area contributed by atoms with E-state index in [1.165, 1.54) is 19.8 Å². The molecule has 1 heterocycles. The molecule has 0 spiro atoms. The van der Waals surface area contributed by atoms with Gasteiger partial charge in [0.05, 0.1) is 3.79 Å². The van der Waals surface area contributed by atoms with E-state index in [0.717, 1.165) is 24.9 Å². The lowest BCUT2D eigenvalue weighted by molar-refractivity contribution is 0.534. The molecule has 1 atom stereocenters. The molecule has 0 aliphatic carbocycles. The molecule has 2 aromatic rings. The van der Waals surface area contributed by atoms with E-state index in [1.807, 2.05) is 13.0 Å². The highest BCUT2D eigenvalue weighted by molar-refractivity contribution is 9.11. The minimum atomic E-state index is -0.163. The molecule has 1 nitrogen and oxygen atoms in total. The number of hydrogen-bond acceptors (Lipinski definition) is 2. The van der Waals surface area contributed by atoms with E-state index in [0.29, 0.717) is 0 Å². The summed E-state index contributed by atoms with van der Waals surface area (Å²) in [6, 6.07) is 7.59. The molecule has 2 rings (SSSR count). The van der Waals surface area contributed by atoms with Crippen molar-refractivity contribution in [2.45, 2.75) is 39.7 Å². The van der Waals surface area contributed by atoms with Gasteiger partial charge in [0.1, 0.15) is 5.82 Å². The summed E-state index contributed by atoms with van der Waals surface area (Å²) in [6.07, 6.45) is 1.99. The molecule has 1 N–H and O–H groups in total. The molecule has 0 saturated carbocycles. The average Bonchev–Trinajstić information content (AvgIpc) is 2.77. The van der Waals surface area contributed by atoms with Gasteiger partial charge in [0.25, 0.3) is 0 Å². The maximum atomic E-state index is 13.2. The fourth-order valence-electron chi connectivity index (χ4n) is 2.36. The average molecular weight is 370 g/mol. The van der Waals surface area contributed by atoms with Crippen LogP contribution in [0, 0.1) is 19.7 Å². The SMILES string of the molecule is CCCNC(Cc1ccc(F)cc1C)c1cc(C)c(Br)s1. The summed E-state index contributed by atoms with van der Waals surface area (Å²) in [6.45, 7) is 7.25. The molecule has 1 aromatic heterocycles. The van der Waals surface area contributed by atoms with Gasteiger partial charge in [0, 0.05) is 10.9 Å².